The number of halogens is 2. The van der Waals surface area contributed by atoms with Gasteiger partial charge >= 0.3 is 0 Å². The normalized spacial score (nSPS) is 11.2. The first-order chi connectivity index (χ1) is 8.75. The number of carbonyl (C=O) groups excluding carboxylic acids is 1. The van der Waals surface area contributed by atoms with Crippen molar-refractivity contribution in [2.45, 2.75) is 46.3 Å². The number of nitrogens with zero attached hydrogens (tertiary/aromatic N) is 3. The molecule has 0 atom stereocenters. The molecule has 0 unspecified atom stereocenters. The number of aromatic nitrogens is 2. The van der Waals surface area contributed by atoms with E-state index in [4.69, 9.17) is 23.2 Å². The van der Waals surface area contributed by atoms with E-state index in [1.165, 1.54) is 6.20 Å². The third-order valence-corrected chi connectivity index (χ3v) is 3.38. The van der Waals surface area contributed by atoms with Crippen molar-refractivity contribution in [1.29, 1.82) is 0 Å². The summed E-state index contributed by atoms with van der Waals surface area (Å²) < 4.78 is 1.02. The van der Waals surface area contributed by atoms with Crippen molar-refractivity contribution < 1.29 is 4.79 Å². The Labute approximate surface area is 122 Å². The predicted octanol–water partition coefficient (Wildman–Crippen LogP) is 2.20. The van der Waals surface area contributed by atoms with E-state index in [0.29, 0.717) is 0 Å². The van der Waals surface area contributed by atoms with Crippen molar-refractivity contribution >= 4 is 29.1 Å². The molecule has 1 heterocycles. The molecule has 0 aromatic carbocycles. The van der Waals surface area contributed by atoms with Crippen molar-refractivity contribution in [1.82, 2.24) is 14.7 Å². The molecule has 7 heteroatoms. The van der Waals surface area contributed by atoms with Crippen LogP contribution in [0.1, 0.15) is 27.7 Å². The van der Waals surface area contributed by atoms with E-state index in [2.05, 4.69) is 5.10 Å². The lowest BCUT2D eigenvalue weighted by Gasteiger charge is -2.30. The first kappa shape index (κ1) is 16.0. The highest BCUT2D eigenvalue weighted by atomic mass is 35.5. The molecule has 0 N–H and O–H groups in total. The van der Waals surface area contributed by atoms with E-state index in [-0.39, 0.29) is 34.6 Å². The zero-order chi connectivity index (χ0) is 14.7. The fraction of sp³-hybridized carbons (Fsp3) is 0.583. The topological polar surface area (TPSA) is 55.2 Å². The summed E-state index contributed by atoms with van der Waals surface area (Å²) in [6.45, 7) is 7.53. The van der Waals surface area contributed by atoms with Gasteiger partial charge < -0.3 is 4.90 Å². The van der Waals surface area contributed by atoms with Crippen LogP contribution in [-0.4, -0.2) is 32.7 Å². The Bertz CT molecular complexity index is 518. The molecule has 1 rings (SSSR count). The van der Waals surface area contributed by atoms with Crippen LogP contribution >= 0.6 is 23.2 Å². The average molecular weight is 306 g/mol. The van der Waals surface area contributed by atoms with Gasteiger partial charge in [-0.2, -0.15) is 5.10 Å². The molecule has 0 aliphatic heterocycles. The van der Waals surface area contributed by atoms with Gasteiger partial charge in [0, 0.05) is 12.1 Å². The predicted molar refractivity (Wildman–Crippen MR) is 75.6 cm³/mol. The fourth-order valence-electron chi connectivity index (χ4n) is 1.94. The Hall–Kier alpha value is -1.07. The van der Waals surface area contributed by atoms with Gasteiger partial charge in [0.25, 0.3) is 5.56 Å². The minimum absolute atomic E-state index is 0.0472. The van der Waals surface area contributed by atoms with Crippen LogP contribution in [0.2, 0.25) is 10.0 Å². The van der Waals surface area contributed by atoms with Crippen LogP contribution in [0.3, 0.4) is 0 Å². The molecule has 0 radical (unpaired) electrons. The van der Waals surface area contributed by atoms with Crippen LogP contribution in [-0.2, 0) is 11.3 Å². The van der Waals surface area contributed by atoms with E-state index >= 15 is 0 Å². The minimum atomic E-state index is -0.560. The van der Waals surface area contributed by atoms with Crippen LogP contribution in [0.4, 0.5) is 0 Å². The highest BCUT2D eigenvalue weighted by molar-refractivity contribution is 6.41. The monoisotopic (exact) mass is 305 g/mol. The lowest BCUT2D eigenvalue weighted by atomic mass is 10.2. The molecular weight excluding hydrogens is 289 g/mol. The zero-order valence-corrected chi connectivity index (χ0v) is 12.9. The van der Waals surface area contributed by atoms with Crippen molar-refractivity contribution in [2.75, 3.05) is 0 Å². The molecule has 5 nitrogen and oxygen atoms in total. The molecule has 0 fully saturated rings. The molecule has 1 aromatic heterocycles. The minimum Gasteiger partial charge on any atom is -0.336 e. The van der Waals surface area contributed by atoms with Gasteiger partial charge in [-0.25, -0.2) is 4.68 Å². The van der Waals surface area contributed by atoms with Gasteiger partial charge in [0.05, 0.1) is 11.2 Å². The third-order valence-electron chi connectivity index (χ3n) is 2.63. The average Bonchev–Trinajstić information content (AvgIpc) is 2.29. The molecule has 19 heavy (non-hydrogen) atoms. The smallest absolute Gasteiger partial charge is 0.287 e. The molecule has 106 valence electrons. The van der Waals surface area contributed by atoms with Crippen LogP contribution in [0, 0.1) is 0 Å². The summed E-state index contributed by atoms with van der Waals surface area (Å²) in [6, 6.07) is 0.0944. The maximum Gasteiger partial charge on any atom is 0.287 e. The molecule has 0 aliphatic rings. The third kappa shape index (κ3) is 3.70. The summed E-state index contributed by atoms with van der Waals surface area (Å²) in [7, 11) is 0. The van der Waals surface area contributed by atoms with Crippen LogP contribution in [0.5, 0.6) is 0 Å². The number of hydrogen-bond acceptors (Lipinski definition) is 3. The Kier molecular flexibility index (Phi) is 5.38. The summed E-state index contributed by atoms with van der Waals surface area (Å²) in [4.78, 5) is 25.7. The Balaban J connectivity index is 3.00. The summed E-state index contributed by atoms with van der Waals surface area (Å²) in [6.07, 6.45) is 1.26. The van der Waals surface area contributed by atoms with Gasteiger partial charge in [0.1, 0.15) is 11.6 Å². The Morgan fingerprint density at radius 2 is 1.84 bits per heavy atom. The summed E-state index contributed by atoms with van der Waals surface area (Å²) >= 11 is 11.4. The lowest BCUT2D eigenvalue weighted by Crippen LogP contribution is -2.45. The number of carbonyl (C=O) groups is 1. The van der Waals surface area contributed by atoms with E-state index in [9.17, 15) is 9.59 Å². The summed E-state index contributed by atoms with van der Waals surface area (Å²) in [5.41, 5.74) is -0.560. The van der Waals surface area contributed by atoms with E-state index in [0.717, 1.165) is 4.68 Å². The van der Waals surface area contributed by atoms with E-state index in [1.807, 2.05) is 27.7 Å². The van der Waals surface area contributed by atoms with E-state index < -0.39 is 5.56 Å². The van der Waals surface area contributed by atoms with Gasteiger partial charge in [0.2, 0.25) is 5.91 Å². The second kappa shape index (κ2) is 6.39. The van der Waals surface area contributed by atoms with E-state index in [1.54, 1.807) is 4.90 Å². The second-order valence-corrected chi connectivity index (χ2v) is 5.54. The highest BCUT2D eigenvalue weighted by Crippen LogP contribution is 2.14. The van der Waals surface area contributed by atoms with Crippen LogP contribution in [0.15, 0.2) is 11.0 Å². The fourth-order valence-corrected chi connectivity index (χ4v) is 2.21. The standard InChI is InChI=1S/C12H17Cl2N3O2/c1-7(2)17(8(3)4)10(18)6-16-12(19)11(14)9(13)5-15-16/h5,7-8H,6H2,1-4H3. The summed E-state index contributed by atoms with van der Waals surface area (Å²) in [5, 5.41) is 3.78. The van der Waals surface area contributed by atoms with Crippen molar-refractivity contribution in [3.63, 3.8) is 0 Å². The number of hydrogen-bond donors (Lipinski definition) is 0. The molecule has 1 amide bonds. The molecule has 0 bridgehead atoms. The Morgan fingerprint density at radius 1 is 1.32 bits per heavy atom. The maximum absolute atomic E-state index is 12.2. The first-order valence-electron chi connectivity index (χ1n) is 5.98. The Morgan fingerprint density at radius 3 is 2.32 bits per heavy atom. The van der Waals surface area contributed by atoms with Gasteiger partial charge in [0.15, 0.2) is 0 Å². The molecular formula is C12H17Cl2N3O2. The van der Waals surface area contributed by atoms with Crippen LogP contribution in [0.25, 0.3) is 0 Å². The van der Waals surface area contributed by atoms with Gasteiger partial charge in [-0.05, 0) is 27.7 Å². The van der Waals surface area contributed by atoms with Gasteiger partial charge in [-0.1, -0.05) is 23.2 Å². The largest absolute Gasteiger partial charge is 0.336 e. The van der Waals surface area contributed by atoms with Crippen molar-refractivity contribution in [3.8, 4) is 0 Å². The number of rotatable bonds is 4. The van der Waals surface area contributed by atoms with Crippen molar-refractivity contribution in [2.24, 2.45) is 0 Å². The quantitative estimate of drug-likeness (QED) is 0.857. The molecule has 0 aliphatic carbocycles. The van der Waals surface area contributed by atoms with Gasteiger partial charge in [-0.15, -0.1) is 0 Å². The molecule has 0 saturated carbocycles. The molecule has 0 saturated heterocycles. The van der Waals surface area contributed by atoms with Gasteiger partial charge in [-0.3, -0.25) is 9.59 Å². The number of amides is 1. The SMILES string of the molecule is CC(C)N(C(=O)Cn1ncc(Cl)c(Cl)c1=O)C(C)C. The maximum atomic E-state index is 12.2. The van der Waals surface area contributed by atoms with Crippen LogP contribution < -0.4 is 5.56 Å². The first-order valence-corrected chi connectivity index (χ1v) is 6.73. The lowest BCUT2D eigenvalue weighted by molar-refractivity contribution is -0.135. The molecule has 1 aromatic rings. The van der Waals surface area contributed by atoms with Crippen molar-refractivity contribution in [3.05, 3.63) is 26.6 Å². The highest BCUT2D eigenvalue weighted by Gasteiger charge is 2.21. The second-order valence-electron chi connectivity index (χ2n) is 4.76. The molecule has 0 spiro atoms. The summed E-state index contributed by atoms with van der Waals surface area (Å²) in [5.74, 6) is -0.182. The zero-order valence-electron chi connectivity index (χ0n) is 11.4.